The molecule has 2 rings (SSSR count). The van der Waals surface area contributed by atoms with E-state index in [4.69, 9.17) is 9.31 Å². The lowest BCUT2D eigenvalue weighted by molar-refractivity contribution is 0.00578. The summed E-state index contributed by atoms with van der Waals surface area (Å²) in [5.74, 6) is 0. The highest BCUT2D eigenvalue weighted by Crippen LogP contribution is 2.36. The smallest absolute Gasteiger partial charge is 0.453 e. The number of nitrogens with one attached hydrogen (secondary N) is 1. The Labute approximate surface area is 126 Å². The number of hydrogen-bond donors (Lipinski definition) is 1. The Hall–Kier alpha value is -1.53. The predicted molar refractivity (Wildman–Crippen MR) is 81.4 cm³/mol. The largest absolute Gasteiger partial charge is 0.495 e. The van der Waals surface area contributed by atoms with Gasteiger partial charge in [-0.2, -0.15) is 0 Å². The second-order valence-electron chi connectivity index (χ2n) is 6.13. The highest BCUT2D eigenvalue weighted by atomic mass is 16.7. The molecule has 5 nitrogen and oxygen atoms in total. The van der Waals surface area contributed by atoms with Crippen molar-refractivity contribution >= 4 is 18.7 Å². The normalized spacial score (nSPS) is 19.4. The van der Waals surface area contributed by atoms with Gasteiger partial charge in [-0.3, -0.25) is 0 Å². The molecule has 1 aliphatic heterocycles. The third-order valence-corrected chi connectivity index (χ3v) is 4.17. The Bertz CT molecular complexity index is 514. The molecule has 0 radical (unpaired) electrons. The number of carbonyl (C=O) groups excluding carboxylic acids is 1. The van der Waals surface area contributed by atoms with E-state index in [0.29, 0.717) is 6.54 Å². The van der Waals surface area contributed by atoms with E-state index < -0.39 is 13.2 Å². The van der Waals surface area contributed by atoms with Gasteiger partial charge in [-0.1, -0.05) is 24.3 Å². The predicted octanol–water partition coefficient (Wildman–Crippen LogP) is 1.84. The fraction of sp³-hybridized carbons (Fsp3) is 0.533. The molecule has 0 spiro atoms. The zero-order valence-electron chi connectivity index (χ0n) is 13.2. The molecule has 0 aliphatic carbocycles. The van der Waals surface area contributed by atoms with Gasteiger partial charge in [0.1, 0.15) is 0 Å². The first-order valence-electron chi connectivity index (χ1n) is 7.02. The summed E-state index contributed by atoms with van der Waals surface area (Å²) in [5, 5.41) is 2.68. The molecule has 6 heteroatoms. The van der Waals surface area contributed by atoms with Crippen LogP contribution in [0.15, 0.2) is 24.3 Å². The summed E-state index contributed by atoms with van der Waals surface area (Å²) in [7, 11) is 0.904. The van der Waals surface area contributed by atoms with Crippen molar-refractivity contribution < 1.29 is 18.8 Å². The van der Waals surface area contributed by atoms with Crippen LogP contribution in [-0.2, 0) is 20.6 Å². The van der Waals surface area contributed by atoms with Crippen molar-refractivity contribution in [2.24, 2.45) is 0 Å². The van der Waals surface area contributed by atoms with Crippen LogP contribution in [0, 0.1) is 0 Å². The highest BCUT2D eigenvalue weighted by Gasteiger charge is 2.52. The Balaban J connectivity index is 2.20. The fourth-order valence-corrected chi connectivity index (χ4v) is 2.13. The first kappa shape index (κ1) is 15.9. The Kier molecular flexibility index (Phi) is 4.30. The van der Waals surface area contributed by atoms with E-state index in [-0.39, 0.29) is 11.2 Å². The fourth-order valence-electron chi connectivity index (χ4n) is 2.13. The third-order valence-electron chi connectivity index (χ3n) is 4.17. The van der Waals surface area contributed by atoms with Gasteiger partial charge < -0.3 is 19.4 Å². The minimum absolute atomic E-state index is 0.368. The third kappa shape index (κ3) is 3.22. The molecule has 1 heterocycles. The second-order valence-corrected chi connectivity index (χ2v) is 6.13. The molecule has 1 aromatic rings. The molecule has 1 aliphatic rings. The maximum atomic E-state index is 11.2. The monoisotopic (exact) mass is 291 g/mol. The molecular formula is C15H22BNO4. The van der Waals surface area contributed by atoms with Crippen LogP contribution >= 0.6 is 0 Å². The summed E-state index contributed by atoms with van der Waals surface area (Å²) in [4.78, 5) is 11.2. The number of ether oxygens (including phenoxy) is 1. The number of amides is 1. The van der Waals surface area contributed by atoms with E-state index in [9.17, 15) is 4.79 Å². The first-order chi connectivity index (χ1) is 9.77. The molecule has 1 fully saturated rings. The van der Waals surface area contributed by atoms with Crippen LogP contribution in [0.1, 0.15) is 33.3 Å². The van der Waals surface area contributed by atoms with Crippen molar-refractivity contribution in [1.29, 1.82) is 0 Å². The molecule has 1 amide bonds. The van der Waals surface area contributed by atoms with Gasteiger partial charge in [-0.05, 0) is 38.7 Å². The van der Waals surface area contributed by atoms with Gasteiger partial charge in [0.25, 0.3) is 0 Å². The SMILES string of the molecule is COC(=O)NCc1ccccc1B1OC(C)(C)C(C)(C)O1. The van der Waals surface area contributed by atoms with E-state index in [1.54, 1.807) is 0 Å². The minimum atomic E-state index is -0.460. The number of benzene rings is 1. The van der Waals surface area contributed by atoms with Gasteiger partial charge in [0.05, 0.1) is 18.3 Å². The van der Waals surface area contributed by atoms with E-state index in [2.05, 4.69) is 10.1 Å². The minimum Gasteiger partial charge on any atom is -0.453 e. The number of hydrogen-bond acceptors (Lipinski definition) is 4. The molecule has 0 bridgehead atoms. The van der Waals surface area contributed by atoms with Crippen molar-refractivity contribution in [3.8, 4) is 0 Å². The average molecular weight is 291 g/mol. The van der Waals surface area contributed by atoms with Gasteiger partial charge in [0, 0.05) is 6.54 Å². The first-order valence-corrected chi connectivity index (χ1v) is 7.02. The Morgan fingerprint density at radius 3 is 2.33 bits per heavy atom. The maximum Gasteiger partial charge on any atom is 0.495 e. The second kappa shape index (κ2) is 5.69. The molecule has 1 saturated heterocycles. The molecule has 21 heavy (non-hydrogen) atoms. The van der Waals surface area contributed by atoms with Gasteiger partial charge in [-0.25, -0.2) is 4.79 Å². The summed E-state index contributed by atoms with van der Waals surface area (Å²) in [6.07, 6.45) is -0.460. The summed E-state index contributed by atoms with van der Waals surface area (Å²) in [6, 6.07) is 7.75. The zero-order valence-corrected chi connectivity index (χ0v) is 13.2. The summed E-state index contributed by atoms with van der Waals surface area (Å²) >= 11 is 0. The van der Waals surface area contributed by atoms with Gasteiger partial charge >= 0.3 is 13.2 Å². The molecule has 1 N–H and O–H groups in total. The van der Waals surface area contributed by atoms with Crippen LogP contribution in [-0.4, -0.2) is 31.5 Å². The number of methoxy groups -OCH3 is 1. The average Bonchev–Trinajstić information content (AvgIpc) is 2.65. The standard InChI is InChI=1S/C15H22BNO4/c1-14(2)15(3,4)21-16(20-14)12-9-7-6-8-11(12)10-17-13(18)19-5/h6-9H,10H2,1-5H3,(H,17,18). The van der Waals surface area contributed by atoms with Gasteiger partial charge in [-0.15, -0.1) is 0 Å². The van der Waals surface area contributed by atoms with Gasteiger partial charge in [0.15, 0.2) is 0 Å². The van der Waals surface area contributed by atoms with E-state index >= 15 is 0 Å². The molecule has 0 atom stereocenters. The topological polar surface area (TPSA) is 56.8 Å². The number of alkyl carbamates (subject to hydrolysis) is 1. The van der Waals surface area contributed by atoms with Crippen molar-refractivity contribution in [3.63, 3.8) is 0 Å². The van der Waals surface area contributed by atoms with E-state index in [1.807, 2.05) is 52.0 Å². The quantitative estimate of drug-likeness (QED) is 0.863. The molecular weight excluding hydrogens is 269 g/mol. The van der Waals surface area contributed by atoms with Crippen LogP contribution in [0.25, 0.3) is 0 Å². The Morgan fingerprint density at radius 1 is 1.19 bits per heavy atom. The molecule has 1 aromatic carbocycles. The van der Waals surface area contributed by atoms with E-state index in [1.165, 1.54) is 7.11 Å². The lowest BCUT2D eigenvalue weighted by atomic mass is 9.76. The van der Waals surface area contributed by atoms with Gasteiger partial charge in [0.2, 0.25) is 0 Å². The van der Waals surface area contributed by atoms with Crippen molar-refractivity contribution in [2.75, 3.05) is 7.11 Å². The number of carbonyl (C=O) groups is 1. The van der Waals surface area contributed by atoms with Crippen molar-refractivity contribution in [2.45, 2.75) is 45.4 Å². The molecule has 0 unspecified atom stereocenters. The van der Waals surface area contributed by atoms with Crippen LogP contribution in [0.2, 0.25) is 0 Å². The van der Waals surface area contributed by atoms with Crippen molar-refractivity contribution in [1.82, 2.24) is 5.32 Å². The highest BCUT2D eigenvalue weighted by molar-refractivity contribution is 6.62. The van der Waals surface area contributed by atoms with Crippen LogP contribution in [0.4, 0.5) is 4.79 Å². The Morgan fingerprint density at radius 2 is 1.76 bits per heavy atom. The molecule has 0 saturated carbocycles. The summed E-state index contributed by atoms with van der Waals surface area (Å²) in [6.45, 7) is 8.43. The summed E-state index contributed by atoms with van der Waals surface area (Å²) in [5.41, 5.74) is 1.09. The molecule has 0 aromatic heterocycles. The van der Waals surface area contributed by atoms with Crippen LogP contribution < -0.4 is 10.8 Å². The van der Waals surface area contributed by atoms with Crippen LogP contribution in [0.5, 0.6) is 0 Å². The van der Waals surface area contributed by atoms with Crippen LogP contribution in [0.3, 0.4) is 0 Å². The summed E-state index contributed by atoms with van der Waals surface area (Å²) < 4.78 is 16.7. The lowest BCUT2D eigenvalue weighted by Gasteiger charge is -2.32. The number of rotatable bonds is 3. The zero-order chi connectivity index (χ0) is 15.7. The van der Waals surface area contributed by atoms with E-state index in [0.717, 1.165) is 11.0 Å². The lowest BCUT2D eigenvalue weighted by Crippen LogP contribution is -2.41. The van der Waals surface area contributed by atoms with Crippen molar-refractivity contribution in [3.05, 3.63) is 29.8 Å². The molecule has 114 valence electrons. The maximum absolute atomic E-state index is 11.2.